The van der Waals surface area contributed by atoms with Crippen molar-refractivity contribution in [3.05, 3.63) is 59.4 Å². The second-order valence-corrected chi connectivity index (χ2v) is 3.62. The molecular formula is C12H8F4N2. The van der Waals surface area contributed by atoms with E-state index in [1.54, 1.807) is 0 Å². The highest BCUT2D eigenvalue weighted by Crippen LogP contribution is 2.18. The maximum atomic E-state index is 12.9. The molecule has 0 aliphatic carbocycles. The molecule has 0 bridgehead atoms. The summed E-state index contributed by atoms with van der Waals surface area (Å²) in [5.41, 5.74) is 0.566. The third kappa shape index (κ3) is 2.77. The topological polar surface area (TPSA) is 24.9 Å². The Kier molecular flexibility index (Phi) is 3.45. The van der Waals surface area contributed by atoms with Gasteiger partial charge in [-0.25, -0.2) is 17.6 Å². The molecule has 1 heterocycles. The Balaban J connectivity index is 2.11. The first-order valence-corrected chi connectivity index (χ1v) is 5.04. The predicted molar refractivity (Wildman–Crippen MR) is 57.8 cm³/mol. The van der Waals surface area contributed by atoms with E-state index in [1.165, 1.54) is 12.3 Å². The third-order valence-corrected chi connectivity index (χ3v) is 2.24. The maximum Gasteiger partial charge on any atom is 0.194 e. The molecule has 0 amide bonds. The number of aromatic nitrogens is 1. The Morgan fingerprint density at radius 1 is 0.944 bits per heavy atom. The molecule has 2 rings (SSSR count). The minimum Gasteiger partial charge on any atom is -0.381 e. The Hall–Kier alpha value is -2.11. The largest absolute Gasteiger partial charge is 0.381 e. The van der Waals surface area contributed by atoms with E-state index in [1.807, 2.05) is 0 Å². The van der Waals surface area contributed by atoms with Gasteiger partial charge >= 0.3 is 0 Å². The Bertz CT molecular complexity index is 549. The number of anilines is 1. The van der Waals surface area contributed by atoms with Gasteiger partial charge in [-0.05, 0) is 11.6 Å². The Morgan fingerprint density at radius 2 is 1.61 bits per heavy atom. The van der Waals surface area contributed by atoms with Crippen molar-refractivity contribution in [3.63, 3.8) is 0 Å². The summed E-state index contributed by atoms with van der Waals surface area (Å²) < 4.78 is 51.3. The van der Waals surface area contributed by atoms with Gasteiger partial charge in [-0.2, -0.15) is 0 Å². The van der Waals surface area contributed by atoms with Crippen LogP contribution >= 0.6 is 0 Å². The average Bonchev–Trinajstić information content (AvgIpc) is 2.33. The van der Waals surface area contributed by atoms with E-state index in [0.717, 1.165) is 18.3 Å². The fourth-order valence-corrected chi connectivity index (χ4v) is 1.41. The van der Waals surface area contributed by atoms with Crippen molar-refractivity contribution in [2.24, 2.45) is 0 Å². The monoisotopic (exact) mass is 256 g/mol. The first-order chi connectivity index (χ1) is 8.56. The van der Waals surface area contributed by atoms with Crippen LogP contribution in [0.4, 0.5) is 23.2 Å². The van der Waals surface area contributed by atoms with Gasteiger partial charge in [-0.1, -0.05) is 0 Å². The molecule has 0 saturated carbocycles. The van der Waals surface area contributed by atoms with Crippen molar-refractivity contribution in [2.75, 3.05) is 5.32 Å². The van der Waals surface area contributed by atoms with E-state index >= 15 is 0 Å². The molecule has 94 valence electrons. The van der Waals surface area contributed by atoms with Gasteiger partial charge in [0.05, 0.1) is 6.20 Å². The zero-order chi connectivity index (χ0) is 13.1. The molecule has 0 aliphatic rings. The van der Waals surface area contributed by atoms with E-state index in [9.17, 15) is 17.6 Å². The van der Waals surface area contributed by atoms with Gasteiger partial charge in [0, 0.05) is 30.6 Å². The lowest BCUT2D eigenvalue weighted by Gasteiger charge is -2.07. The average molecular weight is 256 g/mol. The summed E-state index contributed by atoms with van der Waals surface area (Å²) in [6.45, 7) is 0.120. The molecule has 0 atom stereocenters. The second kappa shape index (κ2) is 5.03. The van der Waals surface area contributed by atoms with E-state index in [4.69, 9.17) is 0 Å². The number of benzene rings is 1. The molecule has 0 fully saturated rings. The van der Waals surface area contributed by atoms with Crippen molar-refractivity contribution >= 4 is 5.69 Å². The Morgan fingerprint density at radius 3 is 2.22 bits per heavy atom. The van der Waals surface area contributed by atoms with Crippen molar-refractivity contribution in [3.8, 4) is 0 Å². The number of hydrogen-bond donors (Lipinski definition) is 1. The molecule has 0 spiro atoms. The number of nitrogens with zero attached hydrogens (tertiary/aromatic N) is 1. The molecule has 6 heteroatoms. The summed E-state index contributed by atoms with van der Waals surface area (Å²) in [6, 6.07) is 2.88. The lowest BCUT2D eigenvalue weighted by molar-refractivity contribution is 0.447. The van der Waals surface area contributed by atoms with Crippen molar-refractivity contribution < 1.29 is 17.6 Å². The molecule has 0 unspecified atom stereocenters. The lowest BCUT2D eigenvalue weighted by Crippen LogP contribution is -2.02. The fraction of sp³-hybridized carbons (Fsp3) is 0.0833. The molecule has 0 saturated heterocycles. The van der Waals surface area contributed by atoms with Crippen LogP contribution in [0.25, 0.3) is 0 Å². The van der Waals surface area contributed by atoms with Crippen LogP contribution in [0.2, 0.25) is 0 Å². The van der Waals surface area contributed by atoms with Gasteiger partial charge in [0.1, 0.15) is 5.82 Å². The maximum absolute atomic E-state index is 12.9. The van der Waals surface area contributed by atoms with E-state index in [0.29, 0.717) is 5.56 Å². The minimum absolute atomic E-state index is 0.0654. The molecule has 1 aromatic heterocycles. The summed E-state index contributed by atoms with van der Waals surface area (Å²) in [6.07, 6.45) is 2.45. The smallest absolute Gasteiger partial charge is 0.194 e. The second-order valence-electron chi connectivity index (χ2n) is 3.62. The molecule has 2 nitrogen and oxygen atoms in total. The molecule has 0 aliphatic heterocycles. The van der Waals surface area contributed by atoms with Crippen molar-refractivity contribution in [1.82, 2.24) is 4.98 Å². The first kappa shape index (κ1) is 12.3. The molecule has 1 N–H and O–H groups in total. The number of nitrogens with one attached hydrogen (secondary N) is 1. The number of hydrogen-bond acceptors (Lipinski definition) is 2. The third-order valence-electron chi connectivity index (χ3n) is 2.24. The van der Waals surface area contributed by atoms with Crippen LogP contribution in [-0.4, -0.2) is 4.98 Å². The van der Waals surface area contributed by atoms with Gasteiger partial charge in [0.15, 0.2) is 17.5 Å². The van der Waals surface area contributed by atoms with Crippen LogP contribution in [0.1, 0.15) is 5.56 Å². The fourth-order valence-electron chi connectivity index (χ4n) is 1.41. The minimum atomic E-state index is -1.52. The molecule has 1 aromatic carbocycles. The Labute approximate surface area is 100 Å². The van der Waals surface area contributed by atoms with Crippen LogP contribution in [0, 0.1) is 23.3 Å². The highest BCUT2D eigenvalue weighted by molar-refractivity contribution is 5.44. The van der Waals surface area contributed by atoms with Crippen LogP contribution in [0.5, 0.6) is 0 Å². The summed E-state index contributed by atoms with van der Waals surface area (Å²) in [5.74, 6) is -4.59. The SMILES string of the molecule is Fc1cncc(CNc2cc(F)c(F)c(F)c2)c1. The predicted octanol–water partition coefficient (Wildman–Crippen LogP) is 3.25. The molecular weight excluding hydrogens is 248 g/mol. The summed E-state index contributed by atoms with van der Waals surface area (Å²) in [5, 5.41) is 2.64. The normalized spacial score (nSPS) is 10.4. The molecule has 2 aromatic rings. The zero-order valence-corrected chi connectivity index (χ0v) is 9.05. The molecule has 18 heavy (non-hydrogen) atoms. The van der Waals surface area contributed by atoms with Gasteiger partial charge in [-0.3, -0.25) is 4.98 Å². The standard InChI is InChI=1S/C12H8F4N2/c13-8-1-7(4-17-6-8)5-18-9-2-10(14)12(16)11(15)3-9/h1-4,6,18H,5H2. The van der Waals surface area contributed by atoms with E-state index < -0.39 is 23.3 Å². The van der Waals surface area contributed by atoms with Gasteiger partial charge in [0.25, 0.3) is 0 Å². The van der Waals surface area contributed by atoms with E-state index in [2.05, 4.69) is 10.3 Å². The lowest BCUT2D eigenvalue weighted by atomic mass is 10.2. The van der Waals surface area contributed by atoms with Gasteiger partial charge in [-0.15, -0.1) is 0 Å². The molecule has 0 radical (unpaired) electrons. The number of halogens is 4. The highest BCUT2D eigenvalue weighted by Gasteiger charge is 2.10. The number of pyridine rings is 1. The summed E-state index contributed by atoms with van der Waals surface area (Å²) in [4.78, 5) is 3.62. The van der Waals surface area contributed by atoms with Gasteiger partial charge < -0.3 is 5.32 Å². The van der Waals surface area contributed by atoms with Crippen LogP contribution < -0.4 is 5.32 Å². The van der Waals surface area contributed by atoms with Crippen LogP contribution in [0.3, 0.4) is 0 Å². The van der Waals surface area contributed by atoms with Crippen molar-refractivity contribution in [1.29, 1.82) is 0 Å². The number of rotatable bonds is 3. The quantitative estimate of drug-likeness (QED) is 0.673. The van der Waals surface area contributed by atoms with Gasteiger partial charge in [0.2, 0.25) is 0 Å². The highest BCUT2D eigenvalue weighted by atomic mass is 19.2. The first-order valence-electron chi connectivity index (χ1n) is 5.04. The van der Waals surface area contributed by atoms with E-state index in [-0.39, 0.29) is 12.2 Å². The zero-order valence-electron chi connectivity index (χ0n) is 9.05. The summed E-state index contributed by atoms with van der Waals surface area (Å²) >= 11 is 0. The summed E-state index contributed by atoms with van der Waals surface area (Å²) in [7, 11) is 0. The van der Waals surface area contributed by atoms with Crippen molar-refractivity contribution in [2.45, 2.75) is 6.54 Å². The van der Waals surface area contributed by atoms with Crippen LogP contribution in [0.15, 0.2) is 30.6 Å². The van der Waals surface area contributed by atoms with Crippen LogP contribution in [-0.2, 0) is 6.54 Å².